The predicted molar refractivity (Wildman–Crippen MR) is 80.1 cm³/mol. The molecule has 98 valence electrons. The Balaban J connectivity index is 2.06. The average Bonchev–Trinajstić information content (AvgIpc) is 2.41. The number of hydrogen-bond donors (Lipinski definition) is 1. The van der Waals surface area contributed by atoms with E-state index in [0.29, 0.717) is 0 Å². The first kappa shape index (κ1) is 13.1. The topological polar surface area (TPSA) is 33.6 Å². The Hall–Kier alpha value is -2.29. The van der Waals surface area contributed by atoms with Crippen LogP contribution in [0.4, 0.5) is 5.69 Å². The lowest BCUT2D eigenvalue weighted by Crippen LogP contribution is -1.94. The molecule has 3 nitrogen and oxygen atoms in total. The zero-order chi connectivity index (χ0) is 13.7. The number of aryl methyl sites for hydroxylation is 2. The fraction of sp³-hybridized carbons (Fsp3) is 0.188. The van der Waals surface area contributed by atoms with Crippen LogP contribution < -0.4 is 10.2 Å². The molecule has 2 aromatic carbocycles. The molecule has 0 saturated carbocycles. The standard InChI is InChI=1S/C16H18N2O/c1-12-7-8-16(13(2)9-12)18-17-11-14-5-4-6-15(10-14)19-3/h4-11,18H,1-3H3. The summed E-state index contributed by atoms with van der Waals surface area (Å²) in [5, 5.41) is 4.25. The molecule has 0 amide bonds. The van der Waals surface area contributed by atoms with Gasteiger partial charge in [-0.05, 0) is 43.2 Å². The molecule has 0 aromatic heterocycles. The van der Waals surface area contributed by atoms with E-state index < -0.39 is 0 Å². The van der Waals surface area contributed by atoms with Gasteiger partial charge in [0, 0.05) is 0 Å². The van der Waals surface area contributed by atoms with Gasteiger partial charge in [0.05, 0.1) is 19.0 Å². The maximum absolute atomic E-state index is 5.17. The highest BCUT2D eigenvalue weighted by Gasteiger charge is 1.96. The van der Waals surface area contributed by atoms with E-state index in [0.717, 1.165) is 17.0 Å². The van der Waals surface area contributed by atoms with Gasteiger partial charge in [-0.3, -0.25) is 5.43 Å². The van der Waals surface area contributed by atoms with Crippen LogP contribution in [0.1, 0.15) is 16.7 Å². The molecule has 0 bridgehead atoms. The molecule has 0 spiro atoms. The lowest BCUT2D eigenvalue weighted by molar-refractivity contribution is 0.415. The first-order valence-corrected chi connectivity index (χ1v) is 6.19. The number of methoxy groups -OCH3 is 1. The summed E-state index contributed by atoms with van der Waals surface area (Å²) in [4.78, 5) is 0. The molecule has 0 atom stereocenters. The van der Waals surface area contributed by atoms with E-state index in [1.807, 2.05) is 30.3 Å². The van der Waals surface area contributed by atoms with E-state index in [1.54, 1.807) is 13.3 Å². The summed E-state index contributed by atoms with van der Waals surface area (Å²) in [5.74, 6) is 0.829. The van der Waals surface area contributed by atoms with Crippen LogP contribution in [0.5, 0.6) is 5.75 Å². The van der Waals surface area contributed by atoms with Crippen molar-refractivity contribution in [1.82, 2.24) is 0 Å². The first-order chi connectivity index (χ1) is 9.19. The molecule has 19 heavy (non-hydrogen) atoms. The lowest BCUT2D eigenvalue weighted by Gasteiger charge is -2.05. The van der Waals surface area contributed by atoms with Crippen LogP contribution in [-0.4, -0.2) is 13.3 Å². The highest BCUT2D eigenvalue weighted by atomic mass is 16.5. The number of anilines is 1. The summed E-state index contributed by atoms with van der Waals surface area (Å²) >= 11 is 0. The molecule has 0 aliphatic rings. The number of nitrogens with one attached hydrogen (secondary N) is 1. The molecule has 1 N–H and O–H groups in total. The van der Waals surface area contributed by atoms with Crippen molar-refractivity contribution in [2.75, 3.05) is 12.5 Å². The second-order valence-corrected chi connectivity index (χ2v) is 4.46. The zero-order valence-electron chi connectivity index (χ0n) is 11.5. The van der Waals surface area contributed by atoms with Crippen LogP contribution in [0.25, 0.3) is 0 Å². The number of nitrogens with zero attached hydrogens (tertiary/aromatic N) is 1. The molecular weight excluding hydrogens is 236 g/mol. The number of ether oxygens (including phenoxy) is 1. The first-order valence-electron chi connectivity index (χ1n) is 6.19. The molecule has 0 radical (unpaired) electrons. The van der Waals surface area contributed by atoms with Gasteiger partial charge in [-0.15, -0.1) is 0 Å². The Morgan fingerprint density at radius 3 is 2.68 bits per heavy atom. The van der Waals surface area contributed by atoms with Gasteiger partial charge in [-0.2, -0.15) is 5.10 Å². The van der Waals surface area contributed by atoms with Crippen LogP contribution >= 0.6 is 0 Å². The Morgan fingerprint density at radius 1 is 1.11 bits per heavy atom. The van der Waals surface area contributed by atoms with Gasteiger partial charge in [0.15, 0.2) is 0 Å². The Bertz CT molecular complexity index is 591. The van der Waals surface area contributed by atoms with Crippen LogP contribution in [-0.2, 0) is 0 Å². The zero-order valence-corrected chi connectivity index (χ0v) is 11.5. The third-order valence-corrected chi connectivity index (χ3v) is 2.87. The van der Waals surface area contributed by atoms with E-state index >= 15 is 0 Å². The summed E-state index contributed by atoms with van der Waals surface area (Å²) in [6.07, 6.45) is 1.78. The number of hydrogen-bond acceptors (Lipinski definition) is 3. The largest absolute Gasteiger partial charge is 0.497 e. The monoisotopic (exact) mass is 254 g/mol. The molecular formula is C16H18N2O. The SMILES string of the molecule is COc1cccc(C=NNc2ccc(C)cc2C)c1. The highest BCUT2D eigenvalue weighted by Crippen LogP contribution is 2.16. The minimum absolute atomic E-state index is 0.829. The fourth-order valence-electron chi connectivity index (χ4n) is 1.84. The van der Waals surface area contributed by atoms with E-state index in [-0.39, 0.29) is 0 Å². The minimum Gasteiger partial charge on any atom is -0.497 e. The summed E-state index contributed by atoms with van der Waals surface area (Å²) in [6, 6.07) is 14.0. The molecule has 0 aliphatic heterocycles. The Kier molecular flexibility index (Phi) is 4.18. The molecule has 0 aliphatic carbocycles. The van der Waals surface area contributed by atoms with Gasteiger partial charge in [-0.25, -0.2) is 0 Å². The fourth-order valence-corrected chi connectivity index (χ4v) is 1.84. The second-order valence-electron chi connectivity index (χ2n) is 4.46. The maximum Gasteiger partial charge on any atom is 0.119 e. The van der Waals surface area contributed by atoms with Gasteiger partial charge >= 0.3 is 0 Å². The van der Waals surface area contributed by atoms with Crippen molar-refractivity contribution in [3.8, 4) is 5.75 Å². The van der Waals surface area contributed by atoms with Crippen LogP contribution in [0.15, 0.2) is 47.6 Å². The molecule has 3 heteroatoms. The molecule has 2 rings (SSSR count). The smallest absolute Gasteiger partial charge is 0.119 e. The van der Waals surface area contributed by atoms with Crippen molar-refractivity contribution in [3.05, 3.63) is 59.2 Å². The summed E-state index contributed by atoms with van der Waals surface area (Å²) in [7, 11) is 1.66. The predicted octanol–water partition coefficient (Wildman–Crippen LogP) is 3.76. The third kappa shape index (κ3) is 3.58. The third-order valence-electron chi connectivity index (χ3n) is 2.87. The number of benzene rings is 2. The minimum atomic E-state index is 0.829. The number of rotatable bonds is 4. The molecule has 0 unspecified atom stereocenters. The van der Waals surface area contributed by atoms with Gasteiger partial charge in [0.1, 0.15) is 5.75 Å². The average molecular weight is 254 g/mol. The summed E-state index contributed by atoms with van der Waals surface area (Å²) < 4.78 is 5.17. The molecule has 0 saturated heterocycles. The molecule has 0 heterocycles. The van der Waals surface area contributed by atoms with Crippen molar-refractivity contribution in [3.63, 3.8) is 0 Å². The van der Waals surface area contributed by atoms with Gasteiger partial charge in [0.25, 0.3) is 0 Å². The summed E-state index contributed by atoms with van der Waals surface area (Å²) in [5.41, 5.74) is 7.50. The Labute approximate surface area is 113 Å². The van der Waals surface area contributed by atoms with Gasteiger partial charge < -0.3 is 4.74 Å². The van der Waals surface area contributed by atoms with Crippen LogP contribution in [0.2, 0.25) is 0 Å². The van der Waals surface area contributed by atoms with E-state index in [2.05, 4.69) is 36.5 Å². The van der Waals surface area contributed by atoms with Gasteiger partial charge in [0.2, 0.25) is 0 Å². The Morgan fingerprint density at radius 2 is 1.95 bits per heavy atom. The van der Waals surface area contributed by atoms with E-state index in [9.17, 15) is 0 Å². The lowest BCUT2D eigenvalue weighted by atomic mass is 10.1. The van der Waals surface area contributed by atoms with E-state index in [4.69, 9.17) is 4.74 Å². The quantitative estimate of drug-likeness (QED) is 0.665. The van der Waals surface area contributed by atoms with Crippen molar-refractivity contribution < 1.29 is 4.74 Å². The van der Waals surface area contributed by atoms with Crippen molar-refractivity contribution in [2.24, 2.45) is 5.10 Å². The van der Waals surface area contributed by atoms with Gasteiger partial charge in [-0.1, -0.05) is 29.8 Å². The highest BCUT2D eigenvalue weighted by molar-refractivity contribution is 5.80. The van der Waals surface area contributed by atoms with Crippen LogP contribution in [0.3, 0.4) is 0 Å². The molecule has 0 fully saturated rings. The second kappa shape index (κ2) is 6.05. The molecule has 2 aromatic rings. The number of hydrazone groups is 1. The van der Waals surface area contributed by atoms with Crippen molar-refractivity contribution >= 4 is 11.9 Å². The maximum atomic E-state index is 5.17. The normalized spacial score (nSPS) is 10.7. The van der Waals surface area contributed by atoms with Crippen molar-refractivity contribution in [1.29, 1.82) is 0 Å². The summed E-state index contributed by atoms with van der Waals surface area (Å²) in [6.45, 7) is 4.15. The van der Waals surface area contributed by atoms with Crippen molar-refractivity contribution in [2.45, 2.75) is 13.8 Å². The van der Waals surface area contributed by atoms with E-state index in [1.165, 1.54) is 11.1 Å². The van der Waals surface area contributed by atoms with Crippen LogP contribution in [0, 0.1) is 13.8 Å².